The van der Waals surface area contributed by atoms with Gasteiger partial charge in [0.1, 0.15) is 11.6 Å². The SMILES string of the molecule is CC1(C)C=Cc2cc(-c3ccc(C=O)o3)cc(F)c21. The first kappa shape index (κ1) is 11.9. The lowest BCUT2D eigenvalue weighted by molar-refractivity contribution is 0.110. The van der Waals surface area contributed by atoms with Gasteiger partial charge in [0, 0.05) is 16.5 Å². The second-order valence-corrected chi connectivity index (χ2v) is 5.30. The molecule has 0 saturated heterocycles. The number of hydrogen-bond acceptors (Lipinski definition) is 2. The van der Waals surface area contributed by atoms with E-state index < -0.39 is 0 Å². The van der Waals surface area contributed by atoms with Crippen molar-refractivity contribution in [3.05, 3.63) is 53.0 Å². The minimum atomic E-state index is -0.283. The van der Waals surface area contributed by atoms with Crippen molar-refractivity contribution in [3.8, 4) is 11.3 Å². The van der Waals surface area contributed by atoms with Gasteiger partial charge in [0.05, 0.1) is 0 Å². The molecule has 3 heteroatoms. The summed E-state index contributed by atoms with van der Waals surface area (Å²) in [6, 6.07) is 6.60. The first-order valence-electron chi connectivity index (χ1n) is 6.10. The molecule has 1 aromatic carbocycles. The maximum atomic E-state index is 14.3. The Bertz CT molecular complexity index is 693. The monoisotopic (exact) mass is 256 g/mol. The van der Waals surface area contributed by atoms with Crippen LogP contribution < -0.4 is 0 Å². The van der Waals surface area contributed by atoms with Crippen LogP contribution in [0.4, 0.5) is 4.39 Å². The van der Waals surface area contributed by atoms with Crippen molar-refractivity contribution in [2.45, 2.75) is 19.3 Å². The average molecular weight is 256 g/mol. The zero-order chi connectivity index (χ0) is 13.6. The number of carbonyl (C=O) groups excluding carboxylic acids is 1. The van der Waals surface area contributed by atoms with Crippen LogP contribution in [-0.2, 0) is 5.41 Å². The quantitative estimate of drug-likeness (QED) is 0.754. The van der Waals surface area contributed by atoms with Crippen molar-refractivity contribution in [2.24, 2.45) is 0 Å². The fourth-order valence-corrected chi connectivity index (χ4v) is 2.53. The molecule has 0 radical (unpaired) electrons. The molecule has 0 bridgehead atoms. The van der Waals surface area contributed by atoms with E-state index in [0.29, 0.717) is 23.2 Å². The van der Waals surface area contributed by atoms with Gasteiger partial charge in [-0.2, -0.15) is 0 Å². The number of carbonyl (C=O) groups is 1. The Hall–Kier alpha value is -2.16. The predicted molar refractivity (Wildman–Crippen MR) is 71.5 cm³/mol. The topological polar surface area (TPSA) is 30.2 Å². The minimum Gasteiger partial charge on any atom is -0.453 e. The molecule has 2 aromatic rings. The summed E-state index contributed by atoms with van der Waals surface area (Å²) >= 11 is 0. The molecule has 1 heterocycles. The molecule has 2 nitrogen and oxygen atoms in total. The summed E-state index contributed by atoms with van der Waals surface area (Å²) in [4.78, 5) is 10.6. The van der Waals surface area contributed by atoms with Gasteiger partial charge in [-0.15, -0.1) is 0 Å². The van der Waals surface area contributed by atoms with Gasteiger partial charge in [-0.25, -0.2) is 4.39 Å². The predicted octanol–water partition coefficient (Wildman–Crippen LogP) is 4.20. The third-order valence-electron chi connectivity index (χ3n) is 3.47. The average Bonchev–Trinajstić information content (AvgIpc) is 2.94. The van der Waals surface area contributed by atoms with Crippen molar-refractivity contribution in [2.75, 3.05) is 0 Å². The van der Waals surface area contributed by atoms with Crippen LogP contribution in [0.3, 0.4) is 0 Å². The molecule has 96 valence electrons. The lowest BCUT2D eigenvalue weighted by Gasteiger charge is -2.18. The van der Waals surface area contributed by atoms with E-state index in [1.807, 2.05) is 32.1 Å². The summed E-state index contributed by atoms with van der Waals surface area (Å²) in [6.07, 6.45) is 4.55. The van der Waals surface area contributed by atoms with E-state index in [-0.39, 0.29) is 17.0 Å². The van der Waals surface area contributed by atoms with E-state index in [2.05, 4.69) is 0 Å². The maximum Gasteiger partial charge on any atom is 0.185 e. The molecule has 0 N–H and O–H groups in total. The Kier molecular flexibility index (Phi) is 2.45. The Balaban J connectivity index is 2.14. The molecule has 0 atom stereocenters. The lowest BCUT2D eigenvalue weighted by Crippen LogP contribution is -2.13. The maximum absolute atomic E-state index is 14.3. The normalized spacial score (nSPS) is 15.5. The number of halogens is 1. The summed E-state index contributed by atoms with van der Waals surface area (Å²) in [5.41, 5.74) is 1.93. The summed E-state index contributed by atoms with van der Waals surface area (Å²) < 4.78 is 19.6. The van der Waals surface area contributed by atoms with Crippen LogP contribution in [0.15, 0.2) is 34.8 Å². The van der Waals surface area contributed by atoms with E-state index in [4.69, 9.17) is 4.42 Å². The second kappa shape index (κ2) is 3.92. The molecule has 1 aliphatic carbocycles. The number of benzene rings is 1. The zero-order valence-corrected chi connectivity index (χ0v) is 10.7. The Labute approximate surface area is 110 Å². The number of fused-ring (bicyclic) bond motifs is 1. The first-order valence-corrected chi connectivity index (χ1v) is 6.10. The summed E-state index contributed by atoms with van der Waals surface area (Å²) in [5, 5.41) is 0. The minimum absolute atomic E-state index is 0.242. The highest BCUT2D eigenvalue weighted by atomic mass is 19.1. The van der Waals surface area contributed by atoms with Crippen LogP contribution in [0.25, 0.3) is 17.4 Å². The van der Waals surface area contributed by atoms with Gasteiger partial charge in [0.15, 0.2) is 12.0 Å². The van der Waals surface area contributed by atoms with Gasteiger partial charge in [-0.1, -0.05) is 26.0 Å². The highest BCUT2D eigenvalue weighted by Gasteiger charge is 2.29. The van der Waals surface area contributed by atoms with Crippen LogP contribution in [0.1, 0.15) is 35.5 Å². The van der Waals surface area contributed by atoms with Crippen LogP contribution in [0.5, 0.6) is 0 Å². The molecule has 0 unspecified atom stereocenters. The van der Waals surface area contributed by atoms with Gasteiger partial charge in [0.2, 0.25) is 0 Å². The number of aldehydes is 1. The van der Waals surface area contributed by atoms with Crippen LogP contribution >= 0.6 is 0 Å². The zero-order valence-electron chi connectivity index (χ0n) is 10.7. The molecule has 0 fully saturated rings. The van der Waals surface area contributed by atoms with E-state index in [0.717, 1.165) is 5.56 Å². The molecule has 0 spiro atoms. The van der Waals surface area contributed by atoms with Gasteiger partial charge in [0.25, 0.3) is 0 Å². The molecule has 19 heavy (non-hydrogen) atoms. The first-order chi connectivity index (χ1) is 9.01. The van der Waals surface area contributed by atoms with E-state index in [1.165, 1.54) is 6.07 Å². The smallest absolute Gasteiger partial charge is 0.185 e. The van der Waals surface area contributed by atoms with Gasteiger partial charge in [-0.05, 0) is 29.8 Å². The lowest BCUT2D eigenvalue weighted by atomic mass is 9.86. The molecule has 0 amide bonds. The van der Waals surface area contributed by atoms with E-state index in [1.54, 1.807) is 12.1 Å². The van der Waals surface area contributed by atoms with E-state index in [9.17, 15) is 9.18 Å². The Morgan fingerprint density at radius 3 is 2.74 bits per heavy atom. The number of allylic oxidation sites excluding steroid dienone is 1. The molecular formula is C16H13FO2. The van der Waals surface area contributed by atoms with Crippen molar-refractivity contribution in [1.82, 2.24) is 0 Å². The molecule has 1 aromatic heterocycles. The summed E-state index contributed by atoms with van der Waals surface area (Å²) in [6.45, 7) is 3.96. The van der Waals surface area contributed by atoms with Crippen molar-refractivity contribution in [3.63, 3.8) is 0 Å². The highest BCUT2D eigenvalue weighted by Crippen LogP contribution is 2.39. The molecule has 1 aliphatic rings. The standard InChI is InChI=1S/C16H13FO2/c1-16(2)6-5-10-7-11(8-13(17)15(10)16)14-4-3-12(9-18)19-14/h3-9H,1-2H3. The number of furan rings is 1. The summed E-state index contributed by atoms with van der Waals surface area (Å²) in [5.74, 6) is 0.500. The van der Waals surface area contributed by atoms with E-state index >= 15 is 0 Å². The fraction of sp³-hybridized carbons (Fsp3) is 0.188. The third-order valence-corrected chi connectivity index (χ3v) is 3.47. The van der Waals surface area contributed by atoms with Crippen LogP contribution in [0, 0.1) is 5.82 Å². The molecule has 3 rings (SSSR count). The second-order valence-electron chi connectivity index (χ2n) is 5.30. The van der Waals surface area contributed by atoms with Crippen molar-refractivity contribution >= 4 is 12.4 Å². The van der Waals surface area contributed by atoms with Crippen molar-refractivity contribution < 1.29 is 13.6 Å². The Morgan fingerprint density at radius 2 is 2.05 bits per heavy atom. The van der Waals surface area contributed by atoms with Gasteiger partial charge < -0.3 is 4.42 Å². The van der Waals surface area contributed by atoms with Crippen LogP contribution in [0.2, 0.25) is 0 Å². The number of hydrogen-bond donors (Lipinski definition) is 0. The number of rotatable bonds is 2. The van der Waals surface area contributed by atoms with Crippen molar-refractivity contribution in [1.29, 1.82) is 0 Å². The van der Waals surface area contributed by atoms with Crippen LogP contribution in [-0.4, -0.2) is 6.29 Å². The fourth-order valence-electron chi connectivity index (χ4n) is 2.53. The van der Waals surface area contributed by atoms with Gasteiger partial charge >= 0.3 is 0 Å². The molecule has 0 saturated carbocycles. The third kappa shape index (κ3) is 1.82. The highest BCUT2D eigenvalue weighted by molar-refractivity contribution is 5.75. The molecule has 0 aliphatic heterocycles. The largest absolute Gasteiger partial charge is 0.453 e. The summed E-state index contributed by atoms with van der Waals surface area (Å²) in [7, 11) is 0. The Morgan fingerprint density at radius 1 is 1.26 bits per heavy atom. The molecular weight excluding hydrogens is 243 g/mol. The van der Waals surface area contributed by atoms with Gasteiger partial charge in [-0.3, -0.25) is 4.79 Å².